The lowest BCUT2D eigenvalue weighted by molar-refractivity contribution is 0.100. The Morgan fingerprint density at radius 2 is 1.76 bits per heavy atom. The Morgan fingerprint density at radius 1 is 1.12 bits per heavy atom. The number of hydrogen-bond acceptors (Lipinski definition) is 2. The summed E-state index contributed by atoms with van der Waals surface area (Å²) in [6.45, 7) is 7.29. The fourth-order valence-electron chi connectivity index (χ4n) is 3.82. The number of alkyl halides is 1. The first-order valence-corrected chi connectivity index (χ1v) is 8.43. The minimum absolute atomic E-state index is 0.327. The molecule has 0 aromatic rings. The zero-order chi connectivity index (χ0) is 12.4. The van der Waals surface area contributed by atoms with Crippen LogP contribution in [0.3, 0.4) is 0 Å². The average Bonchev–Trinajstić information content (AvgIpc) is 2.22. The van der Waals surface area contributed by atoms with Gasteiger partial charge in [0.15, 0.2) is 0 Å². The van der Waals surface area contributed by atoms with E-state index in [1.54, 1.807) is 0 Å². The first-order valence-electron chi connectivity index (χ1n) is 7.18. The van der Waals surface area contributed by atoms with Crippen LogP contribution in [-0.4, -0.2) is 28.1 Å². The van der Waals surface area contributed by atoms with Gasteiger partial charge in [-0.1, -0.05) is 36.4 Å². The first-order chi connectivity index (χ1) is 8.04. The fraction of sp³-hybridized carbons (Fsp3) is 1.00. The molecule has 4 atom stereocenters. The van der Waals surface area contributed by atoms with Crippen LogP contribution in [0, 0.1) is 17.8 Å². The summed E-state index contributed by atoms with van der Waals surface area (Å²) >= 11 is 2.59. The molecule has 2 fully saturated rings. The van der Waals surface area contributed by atoms with Gasteiger partial charge in [-0.15, -0.1) is 0 Å². The predicted molar refractivity (Wildman–Crippen MR) is 82.3 cm³/mol. The molecule has 4 unspecified atom stereocenters. The highest BCUT2D eigenvalue weighted by Crippen LogP contribution is 2.34. The van der Waals surface area contributed by atoms with Crippen LogP contribution in [0.15, 0.2) is 0 Å². The zero-order valence-electron chi connectivity index (χ0n) is 11.2. The van der Waals surface area contributed by atoms with E-state index >= 15 is 0 Å². The molecular formula is C14H27IN2. The lowest BCUT2D eigenvalue weighted by atomic mass is 9.76. The molecule has 1 aliphatic carbocycles. The molecule has 0 radical (unpaired) electrons. The summed E-state index contributed by atoms with van der Waals surface area (Å²) in [5.74, 6) is 2.72. The second-order valence-corrected chi connectivity index (χ2v) is 8.24. The van der Waals surface area contributed by atoms with Crippen molar-refractivity contribution in [1.29, 1.82) is 0 Å². The van der Waals surface area contributed by atoms with Gasteiger partial charge >= 0.3 is 0 Å². The van der Waals surface area contributed by atoms with E-state index in [0.717, 1.165) is 21.7 Å². The van der Waals surface area contributed by atoms with Crippen molar-refractivity contribution in [3.8, 4) is 0 Å². The van der Waals surface area contributed by atoms with E-state index in [4.69, 9.17) is 5.73 Å². The number of halogens is 1. The molecule has 0 aromatic heterocycles. The molecule has 2 rings (SSSR count). The molecule has 1 saturated carbocycles. The Bertz CT molecular complexity index is 236. The molecule has 2 N–H and O–H groups in total. The van der Waals surface area contributed by atoms with Gasteiger partial charge in [0.25, 0.3) is 0 Å². The van der Waals surface area contributed by atoms with Gasteiger partial charge < -0.3 is 5.73 Å². The van der Waals surface area contributed by atoms with Crippen LogP contribution in [0.4, 0.5) is 0 Å². The molecule has 1 saturated heterocycles. The summed E-state index contributed by atoms with van der Waals surface area (Å²) in [6, 6.07) is 0. The van der Waals surface area contributed by atoms with Gasteiger partial charge in [0.2, 0.25) is 0 Å². The van der Waals surface area contributed by atoms with E-state index in [1.165, 1.54) is 45.2 Å². The third kappa shape index (κ3) is 4.06. The highest BCUT2D eigenvalue weighted by Gasteiger charge is 2.29. The Labute approximate surface area is 120 Å². The van der Waals surface area contributed by atoms with Gasteiger partial charge in [0, 0.05) is 17.0 Å². The number of hydrogen-bond donors (Lipinski definition) is 1. The van der Waals surface area contributed by atoms with Crippen LogP contribution in [0.2, 0.25) is 0 Å². The number of nitrogens with two attached hydrogens (primary N) is 1. The summed E-state index contributed by atoms with van der Waals surface area (Å²) in [5, 5.41) is 0. The number of likely N-dealkylation sites (tertiary alicyclic amines) is 1. The van der Waals surface area contributed by atoms with Crippen molar-refractivity contribution in [2.24, 2.45) is 23.5 Å². The summed E-state index contributed by atoms with van der Waals surface area (Å²) in [6.07, 6.45) is 7.07. The van der Waals surface area contributed by atoms with Gasteiger partial charge in [0.05, 0.1) is 6.17 Å². The largest absolute Gasteiger partial charge is 0.316 e. The Kier molecular flexibility index (Phi) is 5.13. The van der Waals surface area contributed by atoms with Gasteiger partial charge in [-0.2, -0.15) is 0 Å². The maximum atomic E-state index is 6.25. The van der Waals surface area contributed by atoms with E-state index < -0.39 is 0 Å². The molecule has 3 heteroatoms. The first kappa shape index (κ1) is 14.1. The van der Waals surface area contributed by atoms with Crippen LogP contribution in [0.5, 0.6) is 0 Å². The summed E-state index contributed by atoms with van der Waals surface area (Å²) in [4.78, 5) is 2.55. The second-order valence-electron chi connectivity index (χ2n) is 6.48. The van der Waals surface area contributed by atoms with Crippen molar-refractivity contribution in [1.82, 2.24) is 4.90 Å². The standard InChI is InChI=1S/C14H27IN2/c1-10-5-11(2)7-12(6-10)8-17-9-13(15)3-4-14(17)16/h10-14H,3-9,16H2,1-2H3. The molecule has 0 aromatic carbocycles. The monoisotopic (exact) mass is 350 g/mol. The van der Waals surface area contributed by atoms with Gasteiger partial charge in [-0.3, -0.25) is 4.90 Å². The van der Waals surface area contributed by atoms with Crippen molar-refractivity contribution in [3.63, 3.8) is 0 Å². The smallest absolute Gasteiger partial charge is 0.0572 e. The minimum atomic E-state index is 0.327. The molecule has 2 aliphatic rings. The van der Waals surface area contributed by atoms with Crippen LogP contribution in [0.1, 0.15) is 46.0 Å². The van der Waals surface area contributed by atoms with E-state index in [2.05, 4.69) is 41.3 Å². The lowest BCUT2D eigenvalue weighted by Crippen LogP contribution is -2.51. The summed E-state index contributed by atoms with van der Waals surface area (Å²) in [7, 11) is 0. The second kappa shape index (κ2) is 6.20. The summed E-state index contributed by atoms with van der Waals surface area (Å²) in [5.41, 5.74) is 6.25. The van der Waals surface area contributed by atoms with E-state index in [-0.39, 0.29) is 0 Å². The van der Waals surface area contributed by atoms with Crippen molar-refractivity contribution in [3.05, 3.63) is 0 Å². The van der Waals surface area contributed by atoms with E-state index in [1.807, 2.05) is 0 Å². The van der Waals surface area contributed by atoms with Crippen LogP contribution in [0.25, 0.3) is 0 Å². The van der Waals surface area contributed by atoms with E-state index in [0.29, 0.717) is 6.17 Å². The molecule has 2 nitrogen and oxygen atoms in total. The third-order valence-corrected chi connectivity index (χ3v) is 5.46. The van der Waals surface area contributed by atoms with Crippen molar-refractivity contribution < 1.29 is 0 Å². The van der Waals surface area contributed by atoms with Crippen molar-refractivity contribution >= 4 is 22.6 Å². The Balaban J connectivity index is 1.86. The molecular weight excluding hydrogens is 323 g/mol. The van der Waals surface area contributed by atoms with Gasteiger partial charge in [-0.05, 0) is 49.9 Å². The van der Waals surface area contributed by atoms with Crippen molar-refractivity contribution in [2.45, 2.75) is 56.0 Å². The third-order valence-electron chi connectivity index (χ3n) is 4.45. The highest BCUT2D eigenvalue weighted by molar-refractivity contribution is 14.1. The molecule has 0 bridgehead atoms. The minimum Gasteiger partial charge on any atom is -0.316 e. The molecule has 17 heavy (non-hydrogen) atoms. The maximum absolute atomic E-state index is 6.25. The quantitative estimate of drug-likeness (QED) is 0.612. The fourth-order valence-corrected chi connectivity index (χ4v) is 4.69. The summed E-state index contributed by atoms with van der Waals surface area (Å²) < 4.78 is 0.811. The predicted octanol–water partition coefficient (Wildman–Crippen LogP) is 3.24. The Morgan fingerprint density at radius 3 is 2.41 bits per heavy atom. The van der Waals surface area contributed by atoms with Crippen LogP contribution in [-0.2, 0) is 0 Å². The van der Waals surface area contributed by atoms with Crippen molar-refractivity contribution in [2.75, 3.05) is 13.1 Å². The van der Waals surface area contributed by atoms with Crippen LogP contribution >= 0.6 is 22.6 Å². The molecule has 1 heterocycles. The van der Waals surface area contributed by atoms with E-state index in [9.17, 15) is 0 Å². The molecule has 1 aliphatic heterocycles. The SMILES string of the molecule is CC1CC(C)CC(CN2CC(I)CCC2N)C1. The molecule has 0 spiro atoms. The molecule has 100 valence electrons. The van der Waals surface area contributed by atoms with Gasteiger partial charge in [0.1, 0.15) is 0 Å². The lowest BCUT2D eigenvalue weighted by Gasteiger charge is -2.40. The average molecular weight is 350 g/mol. The highest BCUT2D eigenvalue weighted by atomic mass is 127. The number of rotatable bonds is 2. The zero-order valence-corrected chi connectivity index (χ0v) is 13.4. The Hall–Kier alpha value is 0.650. The van der Waals surface area contributed by atoms with Gasteiger partial charge in [-0.25, -0.2) is 0 Å². The maximum Gasteiger partial charge on any atom is 0.0572 e. The normalized spacial score (nSPS) is 44.8. The number of piperidine rings is 1. The van der Waals surface area contributed by atoms with Crippen LogP contribution < -0.4 is 5.73 Å². The molecule has 0 amide bonds. The number of nitrogens with zero attached hydrogens (tertiary/aromatic N) is 1. The topological polar surface area (TPSA) is 29.3 Å².